The summed E-state index contributed by atoms with van der Waals surface area (Å²) in [6.45, 7) is 1.92. The average molecular weight is 375 g/mol. The van der Waals surface area contributed by atoms with Crippen molar-refractivity contribution in [3.63, 3.8) is 0 Å². The zero-order valence-electron chi connectivity index (χ0n) is 15.1. The van der Waals surface area contributed by atoms with Gasteiger partial charge in [0.15, 0.2) is 0 Å². The summed E-state index contributed by atoms with van der Waals surface area (Å²) < 4.78 is 27.9. The van der Waals surface area contributed by atoms with Crippen LogP contribution in [0.1, 0.15) is 23.1 Å². The highest BCUT2D eigenvalue weighted by molar-refractivity contribution is 7.92. The number of hydrogen-bond acceptors (Lipinski definition) is 2. The first-order valence-corrected chi connectivity index (χ1v) is 10.2. The molecule has 0 unspecified atom stereocenters. The molecule has 0 radical (unpaired) electrons. The summed E-state index contributed by atoms with van der Waals surface area (Å²) in [6, 6.07) is 24.1. The van der Waals surface area contributed by atoms with Crippen molar-refractivity contribution in [2.75, 3.05) is 4.72 Å². The van der Waals surface area contributed by atoms with Gasteiger partial charge in [-0.2, -0.15) is 0 Å². The topological polar surface area (TPSA) is 46.2 Å². The maximum Gasteiger partial charge on any atom is 0.261 e. The first-order valence-electron chi connectivity index (χ1n) is 8.76. The Morgan fingerprint density at radius 2 is 1.52 bits per heavy atom. The van der Waals surface area contributed by atoms with Crippen molar-refractivity contribution in [3.8, 4) is 11.8 Å². The normalized spacial score (nSPS) is 10.7. The highest BCUT2D eigenvalue weighted by Gasteiger charge is 2.15. The van der Waals surface area contributed by atoms with Crippen LogP contribution < -0.4 is 4.72 Å². The molecule has 3 nitrogen and oxygen atoms in total. The molecule has 3 aromatic rings. The molecule has 1 N–H and O–H groups in total. The van der Waals surface area contributed by atoms with Gasteiger partial charge in [0.2, 0.25) is 0 Å². The van der Waals surface area contributed by atoms with Gasteiger partial charge in [-0.25, -0.2) is 8.42 Å². The molecular formula is C23H21NO2S. The Hall–Kier alpha value is -3.03. The number of para-hydroxylation sites is 1. The van der Waals surface area contributed by atoms with E-state index >= 15 is 0 Å². The van der Waals surface area contributed by atoms with Crippen LogP contribution in [-0.2, 0) is 16.4 Å². The Bertz CT molecular complexity index is 1060. The lowest BCUT2D eigenvalue weighted by molar-refractivity contribution is 0.601. The molecule has 0 saturated heterocycles. The van der Waals surface area contributed by atoms with E-state index in [1.807, 2.05) is 37.3 Å². The van der Waals surface area contributed by atoms with Gasteiger partial charge in [-0.3, -0.25) is 4.72 Å². The third-order valence-electron chi connectivity index (χ3n) is 4.11. The molecular weight excluding hydrogens is 354 g/mol. The zero-order chi connectivity index (χ0) is 19.1. The van der Waals surface area contributed by atoms with E-state index in [-0.39, 0.29) is 4.90 Å². The molecule has 0 amide bonds. The van der Waals surface area contributed by atoms with Crippen LogP contribution in [0.2, 0.25) is 0 Å². The zero-order valence-corrected chi connectivity index (χ0v) is 16.0. The summed E-state index contributed by atoms with van der Waals surface area (Å²) in [5, 5.41) is 0. The lowest BCUT2D eigenvalue weighted by Gasteiger charge is -2.10. The molecule has 0 bridgehead atoms. The molecule has 0 aliphatic rings. The van der Waals surface area contributed by atoms with Crippen molar-refractivity contribution in [2.45, 2.75) is 24.7 Å². The van der Waals surface area contributed by atoms with E-state index in [0.717, 1.165) is 12.0 Å². The van der Waals surface area contributed by atoms with Crippen LogP contribution in [0, 0.1) is 18.8 Å². The second-order valence-corrected chi connectivity index (χ2v) is 7.93. The summed E-state index contributed by atoms with van der Waals surface area (Å²) in [6.07, 6.45) is 1.58. The standard InChI is InChI=1S/C23H21NO2S/c1-19-15-17-22(18-16-19)27(25,26)24-23-14-8-7-13-21(23)12-6-5-11-20-9-3-2-4-10-20/h2-4,7-10,13-18,24H,5,11H2,1H3. The number of nitrogens with one attached hydrogen (secondary N) is 1. The van der Waals surface area contributed by atoms with Crippen LogP contribution in [0.25, 0.3) is 0 Å². The van der Waals surface area contributed by atoms with Crippen molar-refractivity contribution < 1.29 is 8.42 Å². The molecule has 0 heterocycles. The lowest BCUT2D eigenvalue weighted by atomic mass is 10.1. The third kappa shape index (κ3) is 5.22. The second kappa shape index (κ2) is 8.57. The number of benzene rings is 3. The second-order valence-electron chi connectivity index (χ2n) is 6.25. The summed E-state index contributed by atoms with van der Waals surface area (Å²) in [4.78, 5) is 0.236. The molecule has 0 saturated carbocycles. The fraction of sp³-hybridized carbons (Fsp3) is 0.130. The summed E-state index contributed by atoms with van der Waals surface area (Å²) >= 11 is 0. The molecule has 3 rings (SSSR count). The average Bonchev–Trinajstić information content (AvgIpc) is 2.67. The Morgan fingerprint density at radius 1 is 0.852 bits per heavy atom. The van der Waals surface area contributed by atoms with Crippen LogP contribution in [0.3, 0.4) is 0 Å². The summed E-state index contributed by atoms with van der Waals surface area (Å²) in [5.41, 5.74) is 3.41. The molecule has 27 heavy (non-hydrogen) atoms. The molecule has 3 aromatic carbocycles. The van der Waals surface area contributed by atoms with Gasteiger partial charge in [-0.15, -0.1) is 0 Å². The van der Waals surface area contributed by atoms with E-state index in [1.165, 1.54) is 5.56 Å². The summed E-state index contributed by atoms with van der Waals surface area (Å²) in [7, 11) is -3.64. The minimum Gasteiger partial charge on any atom is -0.278 e. The number of sulfonamides is 1. The van der Waals surface area contributed by atoms with Gasteiger partial charge in [0.25, 0.3) is 10.0 Å². The minimum absolute atomic E-state index is 0.236. The van der Waals surface area contributed by atoms with Crippen LogP contribution in [-0.4, -0.2) is 8.42 Å². The van der Waals surface area contributed by atoms with Crippen LogP contribution in [0.4, 0.5) is 5.69 Å². The minimum atomic E-state index is -3.64. The first kappa shape index (κ1) is 18.8. The molecule has 0 aromatic heterocycles. The third-order valence-corrected chi connectivity index (χ3v) is 5.49. The van der Waals surface area contributed by atoms with Gasteiger partial charge in [-0.05, 0) is 43.2 Å². The fourth-order valence-corrected chi connectivity index (χ4v) is 3.69. The summed E-state index contributed by atoms with van der Waals surface area (Å²) in [5.74, 6) is 6.23. The van der Waals surface area contributed by atoms with Crippen molar-refractivity contribution in [1.82, 2.24) is 0 Å². The number of anilines is 1. The van der Waals surface area contributed by atoms with Gasteiger partial charge in [-0.1, -0.05) is 72.0 Å². The fourth-order valence-electron chi connectivity index (χ4n) is 2.61. The van der Waals surface area contributed by atoms with Crippen molar-refractivity contribution >= 4 is 15.7 Å². The smallest absolute Gasteiger partial charge is 0.261 e. The van der Waals surface area contributed by atoms with E-state index in [0.29, 0.717) is 17.7 Å². The maximum absolute atomic E-state index is 12.6. The molecule has 4 heteroatoms. The number of rotatable bonds is 5. The van der Waals surface area contributed by atoms with E-state index in [1.54, 1.807) is 36.4 Å². The monoisotopic (exact) mass is 375 g/mol. The predicted molar refractivity (Wildman–Crippen MR) is 110 cm³/mol. The van der Waals surface area contributed by atoms with E-state index in [2.05, 4.69) is 28.7 Å². The van der Waals surface area contributed by atoms with Gasteiger partial charge in [0.1, 0.15) is 0 Å². The Kier molecular flexibility index (Phi) is 5.95. The molecule has 0 spiro atoms. The molecule has 0 fully saturated rings. The van der Waals surface area contributed by atoms with E-state index in [4.69, 9.17) is 0 Å². The van der Waals surface area contributed by atoms with Gasteiger partial charge in [0.05, 0.1) is 10.6 Å². The predicted octanol–water partition coefficient (Wildman–Crippen LogP) is 4.78. The van der Waals surface area contributed by atoms with Crippen molar-refractivity contribution in [2.24, 2.45) is 0 Å². The number of aryl methyl sites for hydroxylation is 2. The van der Waals surface area contributed by atoms with Crippen molar-refractivity contribution in [1.29, 1.82) is 0 Å². The van der Waals surface area contributed by atoms with Gasteiger partial charge < -0.3 is 0 Å². The SMILES string of the molecule is Cc1ccc(S(=O)(=O)Nc2ccccc2C#CCCc2ccccc2)cc1. The molecule has 0 aliphatic heterocycles. The Morgan fingerprint density at radius 3 is 2.26 bits per heavy atom. The van der Waals surface area contributed by atoms with Gasteiger partial charge >= 0.3 is 0 Å². The van der Waals surface area contributed by atoms with Crippen LogP contribution >= 0.6 is 0 Å². The van der Waals surface area contributed by atoms with Crippen molar-refractivity contribution in [3.05, 3.63) is 95.6 Å². The van der Waals surface area contributed by atoms with E-state index in [9.17, 15) is 8.42 Å². The highest BCUT2D eigenvalue weighted by Crippen LogP contribution is 2.20. The number of hydrogen-bond donors (Lipinski definition) is 1. The Balaban J connectivity index is 1.74. The van der Waals surface area contributed by atoms with Gasteiger partial charge in [0, 0.05) is 12.0 Å². The highest BCUT2D eigenvalue weighted by atomic mass is 32.2. The Labute approximate surface area is 161 Å². The van der Waals surface area contributed by atoms with Crippen LogP contribution in [0.15, 0.2) is 83.8 Å². The van der Waals surface area contributed by atoms with E-state index < -0.39 is 10.0 Å². The largest absolute Gasteiger partial charge is 0.278 e. The molecule has 0 aliphatic carbocycles. The maximum atomic E-state index is 12.6. The first-order chi connectivity index (χ1) is 13.0. The van der Waals surface area contributed by atoms with Crippen LogP contribution in [0.5, 0.6) is 0 Å². The lowest BCUT2D eigenvalue weighted by Crippen LogP contribution is -2.13. The molecule has 0 atom stereocenters. The molecule has 136 valence electrons. The quantitative estimate of drug-likeness (QED) is 0.652.